The van der Waals surface area contributed by atoms with Crippen LogP contribution in [0.25, 0.3) is 0 Å². The molecule has 0 bridgehead atoms. The fraction of sp³-hybridized carbons (Fsp3) is 0.750. The first-order valence-electron chi connectivity index (χ1n) is 4.88. The van der Waals surface area contributed by atoms with Gasteiger partial charge in [-0.2, -0.15) is 0 Å². The van der Waals surface area contributed by atoms with Crippen molar-refractivity contribution in [3.05, 3.63) is 0 Å². The summed E-state index contributed by atoms with van der Waals surface area (Å²) in [6.45, 7) is 0. The Morgan fingerprint density at radius 2 is 2.33 bits per heavy atom. The molecule has 0 spiro atoms. The second-order valence-electron chi connectivity index (χ2n) is 3.55. The van der Waals surface area contributed by atoms with Gasteiger partial charge in [-0.15, -0.1) is 0 Å². The molecule has 15 heavy (non-hydrogen) atoms. The van der Waals surface area contributed by atoms with Crippen LogP contribution in [-0.4, -0.2) is 41.7 Å². The maximum atomic E-state index is 10.3. The largest absolute Gasteiger partial charge is 0.481 e. The van der Waals surface area contributed by atoms with Crippen molar-refractivity contribution in [2.75, 3.05) is 0 Å². The molecule has 84 valence electrons. The molecule has 0 aromatic heterocycles. The standard InChI is InChI=1S/C8H14BNO5/c11-5-10-7-3-1-6(15-9(7)14)2-4-8(12)13/h5-7,14H,1-4H2,(H,10,11)(H,12,13)/t6-,7-/m0/s1. The molecule has 1 heterocycles. The fourth-order valence-electron chi connectivity index (χ4n) is 1.62. The molecule has 0 saturated carbocycles. The Labute approximate surface area is 87.8 Å². The Morgan fingerprint density at radius 1 is 1.60 bits per heavy atom. The molecule has 1 saturated heterocycles. The molecule has 0 aromatic rings. The zero-order valence-electron chi connectivity index (χ0n) is 8.26. The highest BCUT2D eigenvalue weighted by molar-refractivity contribution is 6.45. The van der Waals surface area contributed by atoms with Crippen LogP contribution in [0.5, 0.6) is 0 Å². The molecule has 6 nitrogen and oxygen atoms in total. The predicted octanol–water partition coefficient (Wildman–Crippen LogP) is -0.835. The lowest BCUT2D eigenvalue weighted by Gasteiger charge is -2.30. The number of carbonyl (C=O) groups is 2. The van der Waals surface area contributed by atoms with Gasteiger partial charge in [0.05, 0.1) is 5.94 Å². The smallest absolute Gasteiger partial charge is 0.478 e. The zero-order chi connectivity index (χ0) is 11.3. The van der Waals surface area contributed by atoms with Gasteiger partial charge in [0.25, 0.3) is 0 Å². The van der Waals surface area contributed by atoms with E-state index < -0.39 is 13.1 Å². The van der Waals surface area contributed by atoms with E-state index in [9.17, 15) is 14.6 Å². The lowest BCUT2D eigenvalue weighted by molar-refractivity contribution is -0.137. The van der Waals surface area contributed by atoms with Crippen LogP contribution < -0.4 is 5.32 Å². The quantitative estimate of drug-likeness (QED) is 0.410. The third-order valence-corrected chi connectivity index (χ3v) is 2.44. The summed E-state index contributed by atoms with van der Waals surface area (Å²) in [6, 6.07) is 0. The number of carbonyl (C=O) groups excluding carboxylic acids is 1. The third kappa shape index (κ3) is 3.89. The highest BCUT2D eigenvalue weighted by atomic mass is 16.5. The molecule has 2 atom stereocenters. The molecule has 7 heteroatoms. The molecular formula is C8H14BNO5. The lowest BCUT2D eigenvalue weighted by atomic mass is 9.72. The van der Waals surface area contributed by atoms with Crippen LogP contribution in [0.2, 0.25) is 0 Å². The first-order chi connectivity index (χ1) is 7.13. The van der Waals surface area contributed by atoms with Crippen molar-refractivity contribution in [3.8, 4) is 0 Å². The maximum absolute atomic E-state index is 10.3. The van der Waals surface area contributed by atoms with Gasteiger partial charge in [0.1, 0.15) is 0 Å². The van der Waals surface area contributed by atoms with Crippen molar-refractivity contribution < 1.29 is 24.4 Å². The minimum atomic E-state index is -1.04. The number of carboxylic acids is 1. The summed E-state index contributed by atoms with van der Waals surface area (Å²) < 4.78 is 5.17. The number of nitrogens with one attached hydrogen (secondary N) is 1. The van der Waals surface area contributed by atoms with E-state index in [2.05, 4.69) is 5.32 Å². The van der Waals surface area contributed by atoms with Gasteiger partial charge < -0.3 is 20.1 Å². The maximum Gasteiger partial charge on any atom is 0.478 e. The third-order valence-electron chi connectivity index (χ3n) is 2.44. The highest BCUT2D eigenvalue weighted by Crippen LogP contribution is 2.19. The SMILES string of the molecule is O=CN[C@H]1CC[C@@H](CCC(=O)O)OB1O. The van der Waals surface area contributed by atoms with Crippen LogP contribution in [0.3, 0.4) is 0 Å². The fourth-order valence-corrected chi connectivity index (χ4v) is 1.62. The van der Waals surface area contributed by atoms with Crippen LogP contribution >= 0.6 is 0 Å². The number of rotatable bonds is 5. The molecule has 0 unspecified atom stereocenters. The highest BCUT2D eigenvalue weighted by Gasteiger charge is 2.34. The average Bonchev–Trinajstić information content (AvgIpc) is 2.19. The van der Waals surface area contributed by atoms with Crippen molar-refractivity contribution in [2.45, 2.75) is 37.7 Å². The van der Waals surface area contributed by atoms with E-state index in [0.29, 0.717) is 25.7 Å². The van der Waals surface area contributed by atoms with Crippen molar-refractivity contribution in [2.24, 2.45) is 0 Å². The van der Waals surface area contributed by atoms with Gasteiger partial charge in [-0.3, -0.25) is 9.59 Å². The van der Waals surface area contributed by atoms with Crippen molar-refractivity contribution >= 4 is 19.5 Å². The minimum absolute atomic E-state index is 0.0309. The number of amides is 1. The number of hydrogen-bond donors (Lipinski definition) is 3. The van der Waals surface area contributed by atoms with Crippen molar-refractivity contribution in [3.63, 3.8) is 0 Å². The second-order valence-corrected chi connectivity index (χ2v) is 3.55. The van der Waals surface area contributed by atoms with Crippen molar-refractivity contribution in [1.82, 2.24) is 5.32 Å². The summed E-state index contributed by atoms with van der Waals surface area (Å²) in [5.74, 6) is -1.26. The molecule has 0 aliphatic carbocycles. The average molecular weight is 215 g/mol. The minimum Gasteiger partial charge on any atom is -0.481 e. The monoisotopic (exact) mass is 215 g/mol. The first kappa shape index (κ1) is 12.0. The Kier molecular flexibility index (Phi) is 4.58. The summed E-state index contributed by atoms with van der Waals surface area (Å²) in [5.41, 5.74) is 0. The van der Waals surface area contributed by atoms with Gasteiger partial charge >= 0.3 is 13.1 Å². The normalized spacial score (nSPS) is 26.1. The second kappa shape index (κ2) is 5.72. The van der Waals surface area contributed by atoms with E-state index in [4.69, 9.17) is 9.76 Å². The molecule has 0 radical (unpaired) electrons. The summed E-state index contributed by atoms with van der Waals surface area (Å²) in [5, 5.41) is 20.4. The van der Waals surface area contributed by atoms with E-state index >= 15 is 0 Å². The van der Waals surface area contributed by atoms with Gasteiger partial charge in [0, 0.05) is 12.5 Å². The summed E-state index contributed by atoms with van der Waals surface area (Å²) in [7, 11) is -1.04. The van der Waals surface area contributed by atoms with Gasteiger partial charge in [-0.25, -0.2) is 0 Å². The van der Waals surface area contributed by atoms with Crippen LogP contribution in [0.15, 0.2) is 0 Å². The molecule has 1 amide bonds. The molecule has 1 aliphatic rings. The van der Waals surface area contributed by atoms with E-state index in [0.717, 1.165) is 0 Å². The van der Waals surface area contributed by atoms with E-state index in [1.807, 2.05) is 0 Å². The Morgan fingerprint density at radius 3 is 2.87 bits per heavy atom. The predicted molar refractivity (Wildman–Crippen MR) is 51.9 cm³/mol. The Hall–Kier alpha value is -1.08. The molecule has 3 N–H and O–H groups in total. The van der Waals surface area contributed by atoms with E-state index in [-0.39, 0.29) is 18.5 Å². The first-order valence-corrected chi connectivity index (χ1v) is 4.88. The van der Waals surface area contributed by atoms with Crippen LogP contribution in [0.4, 0.5) is 0 Å². The van der Waals surface area contributed by atoms with E-state index in [1.165, 1.54) is 0 Å². The number of carboxylic acid groups (broad SMARTS) is 1. The summed E-state index contributed by atoms with van der Waals surface area (Å²) in [6.07, 6.45) is 1.96. The van der Waals surface area contributed by atoms with Crippen LogP contribution in [0, 0.1) is 0 Å². The van der Waals surface area contributed by atoms with Gasteiger partial charge in [0.15, 0.2) is 0 Å². The Balaban J connectivity index is 2.30. The lowest BCUT2D eigenvalue weighted by Crippen LogP contribution is -2.50. The summed E-state index contributed by atoms with van der Waals surface area (Å²) in [4.78, 5) is 20.5. The van der Waals surface area contributed by atoms with Crippen LogP contribution in [-0.2, 0) is 14.2 Å². The molecular weight excluding hydrogens is 201 g/mol. The van der Waals surface area contributed by atoms with Crippen LogP contribution in [0.1, 0.15) is 25.7 Å². The van der Waals surface area contributed by atoms with Gasteiger partial charge in [-0.1, -0.05) is 0 Å². The topological polar surface area (TPSA) is 95.9 Å². The van der Waals surface area contributed by atoms with Gasteiger partial charge in [-0.05, 0) is 19.3 Å². The Bertz CT molecular complexity index is 237. The van der Waals surface area contributed by atoms with Crippen molar-refractivity contribution in [1.29, 1.82) is 0 Å². The zero-order valence-corrected chi connectivity index (χ0v) is 8.26. The van der Waals surface area contributed by atoms with E-state index in [1.54, 1.807) is 0 Å². The molecule has 1 fully saturated rings. The number of hydrogen-bond acceptors (Lipinski definition) is 4. The summed E-state index contributed by atoms with van der Waals surface area (Å²) >= 11 is 0. The molecule has 1 rings (SSSR count). The number of aliphatic carboxylic acids is 1. The van der Waals surface area contributed by atoms with Gasteiger partial charge in [0.2, 0.25) is 6.41 Å². The molecule has 1 aliphatic heterocycles. The molecule has 0 aromatic carbocycles.